The number of alkyl halides is 4. The lowest BCUT2D eigenvalue weighted by Gasteiger charge is -2.14. The maximum atomic E-state index is 12.5. The molecule has 0 spiro atoms. The summed E-state index contributed by atoms with van der Waals surface area (Å²) in [4.78, 5) is 0. The van der Waals surface area contributed by atoms with Crippen molar-refractivity contribution in [3.63, 3.8) is 0 Å². The molecule has 0 nitrogen and oxygen atoms in total. The zero-order valence-electron chi connectivity index (χ0n) is 11.2. The van der Waals surface area contributed by atoms with Crippen molar-refractivity contribution in [1.82, 2.24) is 0 Å². The van der Waals surface area contributed by atoms with Crippen molar-refractivity contribution in [2.45, 2.75) is 24.9 Å². The fourth-order valence-electron chi connectivity index (χ4n) is 2.10. The van der Waals surface area contributed by atoms with E-state index in [0.29, 0.717) is 11.4 Å². The van der Waals surface area contributed by atoms with Crippen molar-refractivity contribution in [3.8, 4) is 0 Å². The van der Waals surface area contributed by atoms with Gasteiger partial charge in [-0.2, -0.15) is 13.2 Å². The standard InChI is InChI=1S/C16H13Cl2F3/c1-10-2-7-13(17)9-14(10)15(18)8-11-3-5-12(6-4-11)16(19,20)21/h2-7,9,15H,8H2,1H3. The Morgan fingerprint density at radius 1 is 1.05 bits per heavy atom. The predicted molar refractivity (Wildman–Crippen MR) is 79.9 cm³/mol. The van der Waals surface area contributed by atoms with Gasteiger partial charge in [-0.05, 0) is 54.3 Å². The van der Waals surface area contributed by atoms with Crippen molar-refractivity contribution in [3.05, 3.63) is 69.7 Å². The van der Waals surface area contributed by atoms with Gasteiger partial charge in [-0.3, -0.25) is 0 Å². The zero-order valence-corrected chi connectivity index (χ0v) is 12.7. The first kappa shape index (κ1) is 16.2. The molecule has 0 N–H and O–H groups in total. The molecule has 2 rings (SSSR count). The summed E-state index contributed by atoms with van der Waals surface area (Å²) >= 11 is 12.3. The smallest absolute Gasteiger partial charge is 0.166 e. The fraction of sp³-hybridized carbons (Fsp3) is 0.250. The maximum absolute atomic E-state index is 12.5. The second kappa shape index (κ2) is 6.29. The fourth-order valence-corrected chi connectivity index (χ4v) is 2.69. The van der Waals surface area contributed by atoms with Gasteiger partial charge in [0.05, 0.1) is 10.9 Å². The summed E-state index contributed by atoms with van der Waals surface area (Å²) in [6.07, 6.45) is -3.87. The van der Waals surface area contributed by atoms with Crippen molar-refractivity contribution < 1.29 is 13.2 Å². The molecule has 0 saturated heterocycles. The second-order valence-corrected chi connectivity index (χ2v) is 5.83. The quantitative estimate of drug-likeness (QED) is 0.588. The molecule has 112 valence electrons. The zero-order chi connectivity index (χ0) is 15.6. The largest absolute Gasteiger partial charge is 0.416 e. The number of aryl methyl sites for hydroxylation is 1. The minimum Gasteiger partial charge on any atom is -0.166 e. The van der Waals surface area contributed by atoms with Crippen LogP contribution in [0.5, 0.6) is 0 Å². The van der Waals surface area contributed by atoms with Gasteiger partial charge in [-0.25, -0.2) is 0 Å². The molecule has 0 aromatic heterocycles. The van der Waals surface area contributed by atoms with Gasteiger partial charge >= 0.3 is 6.18 Å². The van der Waals surface area contributed by atoms with Gasteiger partial charge in [0.2, 0.25) is 0 Å². The Balaban J connectivity index is 2.16. The molecule has 21 heavy (non-hydrogen) atoms. The molecular weight excluding hydrogens is 320 g/mol. The van der Waals surface area contributed by atoms with Gasteiger partial charge in [-0.15, -0.1) is 11.6 Å². The van der Waals surface area contributed by atoms with E-state index in [1.807, 2.05) is 13.0 Å². The second-order valence-electron chi connectivity index (χ2n) is 4.87. The Labute approximate surface area is 131 Å². The summed E-state index contributed by atoms with van der Waals surface area (Å²) in [5.74, 6) is 0. The van der Waals surface area contributed by atoms with Crippen molar-refractivity contribution in [1.29, 1.82) is 0 Å². The van der Waals surface area contributed by atoms with Crippen LogP contribution in [0.3, 0.4) is 0 Å². The Hall–Kier alpha value is -1.19. The Morgan fingerprint density at radius 2 is 1.67 bits per heavy atom. The highest BCUT2D eigenvalue weighted by Crippen LogP contribution is 2.32. The van der Waals surface area contributed by atoms with E-state index in [0.717, 1.165) is 28.8 Å². The summed E-state index contributed by atoms with van der Waals surface area (Å²) in [6, 6.07) is 10.5. The molecule has 0 fully saturated rings. The monoisotopic (exact) mass is 332 g/mol. The highest BCUT2D eigenvalue weighted by molar-refractivity contribution is 6.30. The highest BCUT2D eigenvalue weighted by Gasteiger charge is 2.30. The van der Waals surface area contributed by atoms with Crippen molar-refractivity contribution in [2.75, 3.05) is 0 Å². The first-order chi connectivity index (χ1) is 9.77. The molecule has 1 unspecified atom stereocenters. The molecule has 5 heteroatoms. The first-order valence-corrected chi connectivity index (χ1v) is 7.15. The van der Waals surface area contributed by atoms with Crippen LogP contribution < -0.4 is 0 Å². The number of rotatable bonds is 3. The average molecular weight is 333 g/mol. The third kappa shape index (κ3) is 4.14. The van der Waals surface area contributed by atoms with Crippen LogP contribution in [0.1, 0.15) is 27.6 Å². The van der Waals surface area contributed by atoms with E-state index in [2.05, 4.69) is 0 Å². The molecule has 0 aliphatic carbocycles. The van der Waals surface area contributed by atoms with Crippen LogP contribution in [0.4, 0.5) is 13.2 Å². The van der Waals surface area contributed by atoms with Gasteiger partial charge in [0, 0.05) is 5.02 Å². The minimum atomic E-state index is -4.32. The Morgan fingerprint density at radius 3 is 2.24 bits per heavy atom. The van der Waals surface area contributed by atoms with Gasteiger partial charge in [0.1, 0.15) is 0 Å². The minimum absolute atomic E-state index is 0.333. The molecule has 0 aliphatic rings. The number of hydrogen-bond donors (Lipinski definition) is 0. The van der Waals surface area contributed by atoms with E-state index in [1.54, 1.807) is 12.1 Å². The van der Waals surface area contributed by atoms with Gasteiger partial charge in [-0.1, -0.05) is 29.8 Å². The first-order valence-electron chi connectivity index (χ1n) is 6.33. The molecule has 2 aromatic carbocycles. The van der Waals surface area contributed by atoms with E-state index < -0.39 is 11.7 Å². The number of halogens is 5. The number of benzene rings is 2. The van der Waals surface area contributed by atoms with E-state index in [4.69, 9.17) is 23.2 Å². The van der Waals surface area contributed by atoms with Crippen LogP contribution in [-0.4, -0.2) is 0 Å². The maximum Gasteiger partial charge on any atom is 0.416 e. The summed E-state index contributed by atoms with van der Waals surface area (Å²) < 4.78 is 37.5. The van der Waals surface area contributed by atoms with Gasteiger partial charge in [0.25, 0.3) is 0 Å². The molecule has 0 bridgehead atoms. The lowest BCUT2D eigenvalue weighted by Crippen LogP contribution is -2.05. The summed E-state index contributed by atoms with van der Waals surface area (Å²) in [5, 5.41) is 0.258. The Kier molecular flexibility index (Phi) is 4.84. The van der Waals surface area contributed by atoms with Crippen molar-refractivity contribution in [2.24, 2.45) is 0 Å². The molecular formula is C16H13Cl2F3. The summed E-state index contributed by atoms with van der Waals surface area (Å²) in [7, 11) is 0. The average Bonchev–Trinajstić information content (AvgIpc) is 2.41. The summed E-state index contributed by atoms with van der Waals surface area (Å²) in [5.41, 5.74) is 1.99. The lowest BCUT2D eigenvalue weighted by molar-refractivity contribution is -0.137. The SMILES string of the molecule is Cc1ccc(Cl)cc1C(Cl)Cc1ccc(C(F)(F)F)cc1. The molecule has 0 amide bonds. The van der Waals surface area contributed by atoms with E-state index in [1.165, 1.54) is 12.1 Å². The van der Waals surface area contributed by atoms with Crippen LogP contribution in [0.25, 0.3) is 0 Å². The molecule has 0 aliphatic heterocycles. The van der Waals surface area contributed by atoms with Gasteiger partial charge in [0.15, 0.2) is 0 Å². The molecule has 0 radical (unpaired) electrons. The van der Waals surface area contributed by atoms with Crippen LogP contribution in [0, 0.1) is 6.92 Å². The molecule has 0 saturated carbocycles. The van der Waals surface area contributed by atoms with Crippen LogP contribution in [0.15, 0.2) is 42.5 Å². The predicted octanol–water partition coefficient (Wildman–Crippen LogP) is 6.19. The normalized spacial score (nSPS) is 13.2. The molecule has 0 heterocycles. The topological polar surface area (TPSA) is 0 Å². The third-order valence-electron chi connectivity index (χ3n) is 3.27. The van der Waals surface area contributed by atoms with Crippen LogP contribution in [-0.2, 0) is 12.6 Å². The van der Waals surface area contributed by atoms with Crippen LogP contribution >= 0.6 is 23.2 Å². The van der Waals surface area contributed by atoms with E-state index in [-0.39, 0.29) is 5.38 Å². The van der Waals surface area contributed by atoms with Gasteiger partial charge < -0.3 is 0 Å². The number of hydrogen-bond acceptors (Lipinski definition) is 0. The van der Waals surface area contributed by atoms with Crippen LogP contribution in [0.2, 0.25) is 5.02 Å². The van der Waals surface area contributed by atoms with Crippen molar-refractivity contribution >= 4 is 23.2 Å². The van der Waals surface area contributed by atoms with E-state index >= 15 is 0 Å². The molecule has 1 atom stereocenters. The third-order valence-corrected chi connectivity index (χ3v) is 3.90. The molecule has 2 aromatic rings. The highest BCUT2D eigenvalue weighted by atomic mass is 35.5. The summed E-state index contributed by atoms with van der Waals surface area (Å²) in [6.45, 7) is 1.92. The lowest BCUT2D eigenvalue weighted by atomic mass is 9.99. The van der Waals surface area contributed by atoms with E-state index in [9.17, 15) is 13.2 Å². The Bertz CT molecular complexity index is 618.